The van der Waals surface area contributed by atoms with Crippen LogP contribution >= 0.6 is 23.2 Å². The average molecular weight is 486 g/mol. The van der Waals surface area contributed by atoms with Gasteiger partial charge >= 0.3 is 0 Å². The highest BCUT2D eigenvalue weighted by molar-refractivity contribution is 6.38. The quantitative estimate of drug-likeness (QED) is 0.628. The molecule has 0 radical (unpaired) electrons. The van der Waals surface area contributed by atoms with Gasteiger partial charge in [-0.2, -0.15) is 0 Å². The lowest BCUT2D eigenvalue weighted by Gasteiger charge is -2.27. The highest BCUT2D eigenvalue weighted by atomic mass is 35.5. The summed E-state index contributed by atoms with van der Waals surface area (Å²) in [6.45, 7) is 0.478. The van der Waals surface area contributed by atoms with Gasteiger partial charge in [0.1, 0.15) is 17.6 Å². The van der Waals surface area contributed by atoms with E-state index in [4.69, 9.17) is 32.9 Å². The van der Waals surface area contributed by atoms with Crippen LogP contribution in [0.25, 0.3) is 0 Å². The molecule has 5 rings (SSSR count). The number of fused-ring (bicyclic) bond motifs is 1. The van der Waals surface area contributed by atoms with Gasteiger partial charge in [0.2, 0.25) is 0 Å². The zero-order valence-electron chi connectivity index (χ0n) is 18.2. The number of rotatable bonds is 6. The fourth-order valence-electron chi connectivity index (χ4n) is 4.70. The Morgan fingerprint density at radius 1 is 1.18 bits per heavy atom. The second kappa shape index (κ2) is 9.01. The van der Waals surface area contributed by atoms with Gasteiger partial charge in [-0.25, -0.2) is 0 Å². The van der Waals surface area contributed by atoms with Crippen molar-refractivity contribution < 1.29 is 14.6 Å². The molecule has 33 heavy (non-hydrogen) atoms. The fourth-order valence-corrected chi connectivity index (χ4v) is 5.19. The van der Waals surface area contributed by atoms with Gasteiger partial charge in [0.15, 0.2) is 0 Å². The van der Waals surface area contributed by atoms with Gasteiger partial charge in [-0.05, 0) is 55.3 Å². The lowest BCUT2D eigenvalue weighted by atomic mass is 9.86. The molecule has 6 nitrogen and oxygen atoms in total. The number of aliphatic hydroxyl groups excluding tert-OH is 1. The number of aliphatic hydroxyl groups is 1. The van der Waals surface area contributed by atoms with Crippen molar-refractivity contribution in [2.24, 2.45) is 10.9 Å². The van der Waals surface area contributed by atoms with Crippen molar-refractivity contribution in [1.82, 2.24) is 5.32 Å². The maximum Gasteiger partial charge on any atom is 0.251 e. The molecule has 8 heteroatoms. The molecule has 3 atom stereocenters. The van der Waals surface area contributed by atoms with E-state index >= 15 is 0 Å². The summed E-state index contributed by atoms with van der Waals surface area (Å²) < 4.78 is 5.29. The van der Waals surface area contributed by atoms with E-state index in [0.717, 1.165) is 48.4 Å². The maximum absolute atomic E-state index is 13.0. The Bertz CT molecular complexity index is 1150. The molecule has 1 amide bonds. The van der Waals surface area contributed by atoms with E-state index in [1.165, 1.54) is 0 Å². The number of methoxy groups -OCH3 is 1. The van der Waals surface area contributed by atoms with E-state index in [1.807, 2.05) is 35.2 Å². The zero-order valence-corrected chi connectivity index (χ0v) is 19.7. The number of carbonyl (C=O) groups excluding carboxylic acids is 1. The molecule has 2 N–H and O–H groups in total. The number of halogens is 2. The van der Waals surface area contributed by atoms with Gasteiger partial charge in [-0.3, -0.25) is 14.7 Å². The van der Waals surface area contributed by atoms with Crippen molar-refractivity contribution in [1.29, 1.82) is 0 Å². The smallest absolute Gasteiger partial charge is 0.251 e. The Balaban J connectivity index is 1.41. The lowest BCUT2D eigenvalue weighted by molar-refractivity contribution is -0.117. The van der Waals surface area contributed by atoms with Crippen LogP contribution in [0.2, 0.25) is 10.0 Å². The summed E-state index contributed by atoms with van der Waals surface area (Å²) in [5.74, 6) is 1.40. The van der Waals surface area contributed by atoms with Gasteiger partial charge in [-0.15, -0.1) is 0 Å². The first-order chi connectivity index (χ1) is 16.0. The van der Waals surface area contributed by atoms with E-state index in [9.17, 15) is 9.90 Å². The number of aliphatic imine (C=N–C) groups is 1. The first-order valence-electron chi connectivity index (χ1n) is 11.2. The molecule has 0 bridgehead atoms. The van der Waals surface area contributed by atoms with Crippen molar-refractivity contribution >= 4 is 40.6 Å². The molecule has 0 unspecified atom stereocenters. The molecule has 2 aromatic rings. The highest BCUT2D eigenvalue weighted by Crippen LogP contribution is 2.47. The molecule has 2 aliphatic carbocycles. The van der Waals surface area contributed by atoms with Crippen LogP contribution < -0.4 is 15.0 Å². The molecule has 1 fully saturated rings. The zero-order chi connectivity index (χ0) is 23.1. The minimum Gasteiger partial charge on any atom is -0.497 e. The third-order valence-corrected chi connectivity index (χ3v) is 7.12. The van der Waals surface area contributed by atoms with E-state index in [2.05, 4.69) is 5.32 Å². The van der Waals surface area contributed by atoms with Crippen LogP contribution in [0.4, 0.5) is 5.69 Å². The summed E-state index contributed by atoms with van der Waals surface area (Å²) >= 11 is 12.6. The van der Waals surface area contributed by atoms with Crippen LogP contribution in [0.15, 0.2) is 58.7 Å². The van der Waals surface area contributed by atoms with Crippen molar-refractivity contribution in [3.63, 3.8) is 0 Å². The number of carbonyl (C=O) groups is 1. The number of benzene rings is 2. The minimum absolute atomic E-state index is 0.108. The SMILES string of the molecule is COc1ccc(N2C(c3ccc(Cl)cc3Cl)=N[C@@H]3C(C(=O)NC[C@H]4CCCC[C@@H]4O)=C32)cc1. The summed E-state index contributed by atoms with van der Waals surface area (Å²) in [5, 5.41) is 14.3. The molecule has 172 valence electrons. The minimum atomic E-state index is -0.345. The van der Waals surface area contributed by atoms with Crippen LogP contribution in [0.5, 0.6) is 5.75 Å². The van der Waals surface area contributed by atoms with Crippen molar-refractivity contribution in [2.45, 2.75) is 37.8 Å². The number of amides is 1. The largest absolute Gasteiger partial charge is 0.497 e. The third kappa shape index (κ3) is 4.23. The van der Waals surface area contributed by atoms with Crippen LogP contribution in [0, 0.1) is 5.92 Å². The number of anilines is 1. The predicted octanol–water partition coefficient (Wildman–Crippen LogP) is 4.57. The van der Waals surface area contributed by atoms with Gasteiger partial charge < -0.3 is 15.2 Å². The van der Waals surface area contributed by atoms with Crippen LogP contribution in [-0.2, 0) is 4.79 Å². The highest BCUT2D eigenvalue weighted by Gasteiger charge is 2.52. The number of amidine groups is 1. The topological polar surface area (TPSA) is 74.2 Å². The monoisotopic (exact) mass is 485 g/mol. The molecule has 3 aliphatic rings. The molecule has 0 aromatic heterocycles. The average Bonchev–Trinajstić information content (AvgIpc) is 3.39. The first kappa shape index (κ1) is 22.3. The Kier molecular flexibility index (Phi) is 6.08. The molecule has 2 aromatic carbocycles. The number of hydrogen-bond acceptors (Lipinski definition) is 5. The first-order valence-corrected chi connectivity index (χ1v) is 11.9. The van der Waals surface area contributed by atoms with Gasteiger partial charge in [0, 0.05) is 28.7 Å². The van der Waals surface area contributed by atoms with E-state index in [0.29, 0.717) is 28.0 Å². The van der Waals surface area contributed by atoms with Crippen molar-refractivity contribution in [2.75, 3.05) is 18.6 Å². The molecule has 1 aliphatic heterocycles. The summed E-state index contributed by atoms with van der Waals surface area (Å²) in [5.41, 5.74) is 3.12. The van der Waals surface area contributed by atoms with Gasteiger partial charge in [0.25, 0.3) is 5.91 Å². The molecular formula is C25H25Cl2N3O3. The number of nitrogens with one attached hydrogen (secondary N) is 1. The molecule has 1 heterocycles. The Labute approximate surface area is 202 Å². The summed E-state index contributed by atoms with van der Waals surface area (Å²) in [4.78, 5) is 19.8. The normalized spacial score (nSPS) is 23.8. The molecule has 0 saturated heterocycles. The predicted molar refractivity (Wildman–Crippen MR) is 130 cm³/mol. The molecule has 1 saturated carbocycles. The van der Waals surface area contributed by atoms with Crippen molar-refractivity contribution in [3.05, 3.63) is 69.3 Å². The summed E-state index contributed by atoms with van der Waals surface area (Å²) in [6, 6.07) is 12.6. The Hall–Kier alpha value is -2.54. The maximum atomic E-state index is 13.0. The summed E-state index contributed by atoms with van der Waals surface area (Å²) in [7, 11) is 1.62. The van der Waals surface area contributed by atoms with E-state index < -0.39 is 0 Å². The van der Waals surface area contributed by atoms with Crippen LogP contribution in [0.3, 0.4) is 0 Å². The number of hydrogen-bond donors (Lipinski definition) is 2. The van der Waals surface area contributed by atoms with Crippen LogP contribution in [0.1, 0.15) is 31.2 Å². The molecular weight excluding hydrogens is 461 g/mol. The third-order valence-electron chi connectivity index (χ3n) is 6.57. The second-order valence-corrected chi connectivity index (χ2v) is 9.48. The number of ether oxygens (including phenoxy) is 1. The van der Waals surface area contributed by atoms with E-state index in [1.54, 1.807) is 19.2 Å². The number of nitrogens with zero attached hydrogens (tertiary/aromatic N) is 2. The lowest BCUT2D eigenvalue weighted by Crippen LogP contribution is -2.37. The van der Waals surface area contributed by atoms with E-state index in [-0.39, 0.29) is 24.0 Å². The fraction of sp³-hybridized carbons (Fsp3) is 0.360. The van der Waals surface area contributed by atoms with Gasteiger partial charge in [0.05, 0.1) is 29.5 Å². The Morgan fingerprint density at radius 2 is 1.94 bits per heavy atom. The standard InChI is InChI=1S/C25H25Cl2N3O3/c1-33-17-9-7-16(8-10-17)30-23-21(25(32)28-13-14-4-2-3-5-20(14)31)22(23)29-24(30)18-11-6-15(26)12-19(18)27/h6-12,14,20,22,31H,2-5,13H2,1H3,(H,28,32)/t14-,20+,22-/m1/s1. The van der Waals surface area contributed by atoms with Crippen LogP contribution in [-0.4, -0.2) is 42.6 Å². The summed E-state index contributed by atoms with van der Waals surface area (Å²) in [6.07, 6.45) is 3.53. The van der Waals surface area contributed by atoms with Crippen molar-refractivity contribution in [3.8, 4) is 5.75 Å². The molecule has 0 spiro atoms. The second-order valence-electron chi connectivity index (χ2n) is 8.63. The van der Waals surface area contributed by atoms with Gasteiger partial charge in [-0.1, -0.05) is 36.0 Å². The Morgan fingerprint density at radius 3 is 2.64 bits per heavy atom.